The van der Waals surface area contributed by atoms with Crippen molar-refractivity contribution in [2.75, 3.05) is 16.4 Å². The lowest BCUT2D eigenvalue weighted by molar-refractivity contribution is -0.114. The largest absolute Gasteiger partial charge is 0.326 e. The Hall–Kier alpha value is -1.98. The van der Waals surface area contributed by atoms with Crippen molar-refractivity contribution in [3.05, 3.63) is 53.1 Å². The zero-order chi connectivity index (χ0) is 16.8. The van der Waals surface area contributed by atoms with Crippen LogP contribution in [0.1, 0.15) is 12.5 Å². The molecule has 0 saturated carbocycles. The Balaban J connectivity index is 1.87. The Labute approximate surface area is 144 Å². The topological polar surface area (TPSA) is 58.2 Å². The molecule has 6 heteroatoms. The predicted molar refractivity (Wildman–Crippen MR) is 96.3 cm³/mol. The van der Waals surface area contributed by atoms with Crippen molar-refractivity contribution in [1.82, 2.24) is 0 Å². The number of thioether (sulfide) groups is 1. The van der Waals surface area contributed by atoms with E-state index in [2.05, 4.69) is 10.6 Å². The molecule has 23 heavy (non-hydrogen) atoms. The zero-order valence-corrected chi connectivity index (χ0v) is 14.4. The first-order chi connectivity index (χ1) is 10.9. The van der Waals surface area contributed by atoms with Crippen LogP contribution in [0.3, 0.4) is 0 Å². The first-order valence-electron chi connectivity index (χ1n) is 7.00. The molecule has 0 saturated heterocycles. The molecule has 2 amide bonds. The maximum atomic E-state index is 12.0. The van der Waals surface area contributed by atoms with Crippen molar-refractivity contribution < 1.29 is 9.59 Å². The number of rotatable bonds is 5. The van der Waals surface area contributed by atoms with Gasteiger partial charge >= 0.3 is 0 Å². The molecule has 0 unspecified atom stereocenters. The maximum absolute atomic E-state index is 12.0. The minimum Gasteiger partial charge on any atom is -0.326 e. The molecular formula is C17H17ClN2O2S. The summed E-state index contributed by atoms with van der Waals surface area (Å²) in [6, 6.07) is 12.7. The molecule has 2 aromatic rings. The third-order valence-electron chi connectivity index (χ3n) is 3.01. The number of anilines is 2. The third kappa shape index (κ3) is 5.62. The van der Waals surface area contributed by atoms with Gasteiger partial charge in [0.1, 0.15) is 0 Å². The Morgan fingerprint density at radius 3 is 2.39 bits per heavy atom. The second kappa shape index (κ2) is 8.04. The van der Waals surface area contributed by atoms with Gasteiger partial charge < -0.3 is 10.6 Å². The van der Waals surface area contributed by atoms with Gasteiger partial charge in [0.2, 0.25) is 11.8 Å². The Morgan fingerprint density at radius 2 is 1.78 bits per heavy atom. The van der Waals surface area contributed by atoms with E-state index >= 15 is 0 Å². The van der Waals surface area contributed by atoms with Crippen molar-refractivity contribution >= 4 is 46.6 Å². The molecule has 0 aliphatic carbocycles. The van der Waals surface area contributed by atoms with Gasteiger partial charge in [-0.15, -0.1) is 11.8 Å². The Bertz CT molecular complexity index is 717. The summed E-state index contributed by atoms with van der Waals surface area (Å²) < 4.78 is 0. The summed E-state index contributed by atoms with van der Waals surface area (Å²) in [5, 5.41) is 6.22. The highest BCUT2D eigenvalue weighted by Gasteiger charge is 2.06. The van der Waals surface area contributed by atoms with Crippen LogP contribution in [0.15, 0.2) is 47.4 Å². The van der Waals surface area contributed by atoms with Gasteiger partial charge in [0, 0.05) is 28.2 Å². The summed E-state index contributed by atoms with van der Waals surface area (Å²) in [5.74, 6) is 0.121. The number of nitrogens with one attached hydrogen (secondary N) is 2. The van der Waals surface area contributed by atoms with E-state index in [9.17, 15) is 9.59 Å². The summed E-state index contributed by atoms with van der Waals surface area (Å²) in [4.78, 5) is 23.9. The van der Waals surface area contributed by atoms with Crippen molar-refractivity contribution in [2.24, 2.45) is 0 Å². The summed E-state index contributed by atoms with van der Waals surface area (Å²) in [5.41, 5.74) is 2.43. The molecule has 2 N–H and O–H groups in total. The number of amides is 2. The fourth-order valence-corrected chi connectivity index (χ4v) is 2.87. The van der Waals surface area contributed by atoms with Gasteiger partial charge in [-0.1, -0.05) is 11.6 Å². The van der Waals surface area contributed by atoms with Gasteiger partial charge in [-0.2, -0.15) is 0 Å². The molecule has 0 spiro atoms. The van der Waals surface area contributed by atoms with Crippen LogP contribution >= 0.6 is 23.4 Å². The highest BCUT2D eigenvalue weighted by molar-refractivity contribution is 8.00. The van der Waals surface area contributed by atoms with Gasteiger partial charge in [0.05, 0.1) is 5.75 Å². The lowest BCUT2D eigenvalue weighted by Gasteiger charge is -2.09. The SMILES string of the molecule is CC(=O)Nc1ccc(SCC(=O)Nc2ccc(Cl)cc2C)cc1. The lowest BCUT2D eigenvalue weighted by atomic mass is 10.2. The lowest BCUT2D eigenvalue weighted by Crippen LogP contribution is -2.14. The van der Waals surface area contributed by atoms with Crippen molar-refractivity contribution in [2.45, 2.75) is 18.7 Å². The number of benzene rings is 2. The standard InChI is InChI=1S/C17H17ClN2O2S/c1-11-9-13(18)3-8-16(11)20-17(22)10-23-15-6-4-14(5-7-15)19-12(2)21/h3-9H,10H2,1-2H3,(H,19,21)(H,20,22). The molecule has 0 atom stereocenters. The molecule has 0 aliphatic rings. The average molecular weight is 349 g/mol. The maximum Gasteiger partial charge on any atom is 0.234 e. The van der Waals surface area contributed by atoms with E-state index in [1.54, 1.807) is 12.1 Å². The van der Waals surface area contributed by atoms with Gasteiger partial charge in [0.25, 0.3) is 0 Å². The Kier molecular flexibility index (Phi) is 6.07. The number of hydrogen-bond acceptors (Lipinski definition) is 3. The van der Waals surface area contributed by atoms with E-state index in [1.807, 2.05) is 37.3 Å². The molecule has 0 aromatic heterocycles. The van der Waals surface area contributed by atoms with E-state index in [-0.39, 0.29) is 11.8 Å². The summed E-state index contributed by atoms with van der Waals surface area (Å²) in [6.45, 7) is 3.36. The molecule has 0 fully saturated rings. The first kappa shape index (κ1) is 17.4. The van der Waals surface area contributed by atoms with Gasteiger partial charge in [-0.25, -0.2) is 0 Å². The minimum atomic E-state index is -0.108. The van der Waals surface area contributed by atoms with E-state index in [4.69, 9.17) is 11.6 Å². The molecule has 0 radical (unpaired) electrons. The summed E-state index contributed by atoms with van der Waals surface area (Å²) >= 11 is 7.33. The van der Waals surface area contributed by atoms with E-state index in [1.165, 1.54) is 18.7 Å². The van der Waals surface area contributed by atoms with Crippen molar-refractivity contribution in [1.29, 1.82) is 0 Å². The fraction of sp³-hybridized carbons (Fsp3) is 0.176. The minimum absolute atomic E-state index is 0.0774. The van der Waals surface area contributed by atoms with Crippen molar-refractivity contribution in [3.63, 3.8) is 0 Å². The second-order valence-corrected chi connectivity index (χ2v) is 6.49. The zero-order valence-electron chi connectivity index (χ0n) is 12.9. The van der Waals surface area contributed by atoms with Gasteiger partial charge in [-0.3, -0.25) is 9.59 Å². The fourth-order valence-electron chi connectivity index (χ4n) is 1.94. The highest BCUT2D eigenvalue weighted by Crippen LogP contribution is 2.22. The smallest absolute Gasteiger partial charge is 0.234 e. The van der Waals surface area contributed by atoms with E-state index < -0.39 is 0 Å². The van der Waals surface area contributed by atoms with Crippen LogP contribution in [0.2, 0.25) is 5.02 Å². The number of carbonyl (C=O) groups is 2. The van der Waals surface area contributed by atoms with Crippen molar-refractivity contribution in [3.8, 4) is 0 Å². The van der Waals surface area contributed by atoms with Crippen LogP contribution in [0.25, 0.3) is 0 Å². The van der Waals surface area contributed by atoms with Crippen LogP contribution in [0.5, 0.6) is 0 Å². The Morgan fingerprint density at radius 1 is 1.09 bits per heavy atom. The summed E-state index contributed by atoms with van der Waals surface area (Å²) in [6.07, 6.45) is 0. The molecular weight excluding hydrogens is 332 g/mol. The molecule has 2 rings (SSSR count). The predicted octanol–water partition coefficient (Wildman–Crippen LogP) is 4.34. The summed E-state index contributed by atoms with van der Waals surface area (Å²) in [7, 11) is 0. The van der Waals surface area contributed by atoms with E-state index in [0.29, 0.717) is 10.8 Å². The van der Waals surface area contributed by atoms with Crippen LogP contribution < -0.4 is 10.6 Å². The van der Waals surface area contributed by atoms with Gasteiger partial charge in [-0.05, 0) is 55.0 Å². The monoisotopic (exact) mass is 348 g/mol. The van der Waals surface area contributed by atoms with Gasteiger partial charge in [0.15, 0.2) is 0 Å². The quantitative estimate of drug-likeness (QED) is 0.790. The number of aryl methyl sites for hydroxylation is 1. The first-order valence-corrected chi connectivity index (χ1v) is 8.37. The van der Waals surface area contributed by atoms with Crippen LogP contribution in [-0.2, 0) is 9.59 Å². The third-order valence-corrected chi connectivity index (χ3v) is 4.25. The molecule has 0 bridgehead atoms. The molecule has 0 heterocycles. The van der Waals surface area contributed by atoms with Crippen LogP contribution in [0, 0.1) is 6.92 Å². The van der Waals surface area contributed by atoms with Crippen LogP contribution in [0.4, 0.5) is 11.4 Å². The van der Waals surface area contributed by atoms with E-state index in [0.717, 1.165) is 21.8 Å². The number of hydrogen-bond donors (Lipinski definition) is 2. The molecule has 120 valence electrons. The van der Waals surface area contributed by atoms with Crippen LogP contribution in [-0.4, -0.2) is 17.6 Å². The number of halogens is 1. The molecule has 2 aromatic carbocycles. The molecule has 0 aliphatic heterocycles. The second-order valence-electron chi connectivity index (χ2n) is 5.00. The molecule has 4 nitrogen and oxygen atoms in total. The normalized spacial score (nSPS) is 10.2. The number of carbonyl (C=O) groups excluding carboxylic acids is 2. The average Bonchev–Trinajstić information content (AvgIpc) is 2.49. The highest BCUT2D eigenvalue weighted by atomic mass is 35.5.